The number of halogens is 3. The zero-order chi connectivity index (χ0) is 30.8. The van der Waals surface area contributed by atoms with E-state index in [9.17, 15) is 9.18 Å². The van der Waals surface area contributed by atoms with Crippen molar-refractivity contribution >= 4 is 16.9 Å². The number of ether oxygens (including phenoxy) is 3. The van der Waals surface area contributed by atoms with Crippen LogP contribution < -0.4 is 4.74 Å². The van der Waals surface area contributed by atoms with Crippen LogP contribution in [0, 0.1) is 11.6 Å². The van der Waals surface area contributed by atoms with E-state index in [0.717, 1.165) is 35.7 Å². The molecule has 1 aliphatic heterocycles. The highest BCUT2D eigenvalue weighted by Gasteiger charge is 2.52. The number of H-pyrrole nitrogens is 1. The van der Waals surface area contributed by atoms with E-state index in [0.29, 0.717) is 51.2 Å². The Morgan fingerprint density at radius 1 is 1.07 bits per heavy atom. The third kappa shape index (κ3) is 7.04. The monoisotopic (exact) mass is 600 g/mol. The summed E-state index contributed by atoms with van der Waals surface area (Å²) in [5.41, 5.74) is 0.215. The fourth-order valence-corrected chi connectivity index (χ4v) is 6.20. The number of para-hydroxylation sites is 1. The molecule has 0 amide bonds. The average molecular weight is 601 g/mol. The van der Waals surface area contributed by atoms with Crippen LogP contribution in [0.2, 0.25) is 0 Å². The quantitative estimate of drug-likeness (QED) is 0.153. The summed E-state index contributed by atoms with van der Waals surface area (Å²) in [6, 6.07) is 9.35. The smallest absolute Gasteiger partial charge is 0.338 e. The number of alkyl halides is 1. The van der Waals surface area contributed by atoms with Gasteiger partial charge in [-0.2, -0.15) is 0 Å². The van der Waals surface area contributed by atoms with Gasteiger partial charge in [-0.3, -0.25) is 4.90 Å². The molecule has 2 heterocycles. The van der Waals surface area contributed by atoms with E-state index in [1.165, 1.54) is 26.0 Å². The lowest BCUT2D eigenvalue weighted by atomic mass is 9.87. The van der Waals surface area contributed by atoms with Crippen molar-refractivity contribution < 1.29 is 32.2 Å². The van der Waals surface area contributed by atoms with Crippen molar-refractivity contribution in [3.63, 3.8) is 0 Å². The minimum absolute atomic E-state index is 0.0274. The van der Waals surface area contributed by atoms with E-state index in [1.807, 2.05) is 36.1 Å². The fraction of sp³-hybridized carbons (Fsp3) is 0.559. The summed E-state index contributed by atoms with van der Waals surface area (Å²) in [5.74, 6) is -1.57. The lowest BCUT2D eigenvalue weighted by Gasteiger charge is -2.43. The number of nitrogens with zero attached hydrogens (tertiary/aromatic N) is 1. The van der Waals surface area contributed by atoms with Crippen LogP contribution in [-0.4, -0.2) is 59.5 Å². The first kappa shape index (κ1) is 31.4. The molecule has 3 aromatic rings. The molecule has 2 aliphatic rings. The Morgan fingerprint density at radius 3 is 2.40 bits per heavy atom. The second-order valence-corrected chi connectivity index (χ2v) is 12.5. The zero-order valence-electron chi connectivity index (χ0n) is 25.6. The van der Waals surface area contributed by atoms with E-state index in [4.69, 9.17) is 14.2 Å². The number of aromatic amines is 1. The standard InChI is InChI=1S/C34H43F3N2O4/c1-5-41-32(40)34(14-15-34)43-17-11-7-6-10-16-42-23-19-26(35)29(27(36)20-23)31-30-25(24-12-8-9-13-28(24)38-30)18-22(2)39(31)21-33(3,4)37/h8-9,12-13,19-20,22,31,38H,5-7,10-11,14-18,21H2,1-4H3/t22-,31-/m1/s1. The van der Waals surface area contributed by atoms with Crippen molar-refractivity contribution in [2.45, 2.75) is 96.0 Å². The molecule has 0 unspecified atom stereocenters. The fourth-order valence-electron chi connectivity index (χ4n) is 6.20. The number of aromatic nitrogens is 1. The van der Waals surface area contributed by atoms with Gasteiger partial charge in [0.15, 0.2) is 5.60 Å². The number of nitrogens with one attached hydrogen (secondary N) is 1. The van der Waals surface area contributed by atoms with Crippen LogP contribution in [0.4, 0.5) is 13.2 Å². The largest absolute Gasteiger partial charge is 0.493 e. The van der Waals surface area contributed by atoms with E-state index in [1.54, 1.807) is 6.92 Å². The van der Waals surface area contributed by atoms with Gasteiger partial charge in [0.1, 0.15) is 23.1 Å². The number of benzene rings is 2. The van der Waals surface area contributed by atoms with E-state index in [2.05, 4.69) is 4.98 Å². The third-order valence-corrected chi connectivity index (χ3v) is 8.44. The molecule has 2 atom stereocenters. The normalized spacial score (nSPS) is 19.8. The zero-order valence-corrected chi connectivity index (χ0v) is 25.6. The number of unbranched alkanes of at least 4 members (excludes halogenated alkanes) is 3. The molecule has 5 rings (SSSR count). The maximum atomic E-state index is 15.8. The first-order valence-electron chi connectivity index (χ1n) is 15.5. The first-order valence-corrected chi connectivity index (χ1v) is 15.5. The molecule has 43 heavy (non-hydrogen) atoms. The molecule has 0 spiro atoms. The van der Waals surface area contributed by atoms with Crippen LogP contribution in [0.25, 0.3) is 10.9 Å². The minimum Gasteiger partial charge on any atom is -0.493 e. The molecule has 0 bridgehead atoms. The van der Waals surface area contributed by atoms with Crippen molar-refractivity contribution in [1.29, 1.82) is 0 Å². The number of carbonyl (C=O) groups excluding carboxylic acids is 1. The molecule has 1 aromatic heterocycles. The van der Waals surface area contributed by atoms with Gasteiger partial charge in [-0.1, -0.05) is 24.6 Å². The highest BCUT2D eigenvalue weighted by Crippen LogP contribution is 2.44. The highest BCUT2D eigenvalue weighted by atomic mass is 19.1. The van der Waals surface area contributed by atoms with E-state index >= 15 is 8.78 Å². The molecule has 234 valence electrons. The van der Waals surface area contributed by atoms with Crippen LogP contribution in [0.3, 0.4) is 0 Å². The molecule has 6 nitrogen and oxygen atoms in total. The molecule has 1 fully saturated rings. The molecule has 1 saturated carbocycles. The summed E-state index contributed by atoms with van der Waals surface area (Å²) >= 11 is 0. The lowest BCUT2D eigenvalue weighted by molar-refractivity contribution is -0.160. The third-order valence-electron chi connectivity index (χ3n) is 8.44. The summed E-state index contributed by atoms with van der Waals surface area (Å²) in [4.78, 5) is 17.2. The molecule has 1 N–H and O–H groups in total. The highest BCUT2D eigenvalue weighted by molar-refractivity contribution is 5.85. The van der Waals surface area contributed by atoms with Gasteiger partial charge in [0.05, 0.1) is 19.3 Å². The molecule has 1 aliphatic carbocycles. The van der Waals surface area contributed by atoms with Crippen molar-refractivity contribution in [2.24, 2.45) is 0 Å². The van der Waals surface area contributed by atoms with Crippen LogP contribution in [0.15, 0.2) is 36.4 Å². The SMILES string of the molecule is CCOC(=O)C1(OCCCCCCOc2cc(F)c([C@@H]3c4[nH]c5ccccc5c4C[C@@H](C)N3CC(C)(C)F)c(F)c2)CC1. The summed E-state index contributed by atoms with van der Waals surface area (Å²) in [6.45, 7) is 7.93. The molecular weight excluding hydrogens is 557 g/mol. The number of fused-ring (bicyclic) bond motifs is 3. The van der Waals surface area contributed by atoms with Crippen molar-refractivity contribution in [1.82, 2.24) is 9.88 Å². The van der Waals surface area contributed by atoms with Gasteiger partial charge in [0.2, 0.25) is 0 Å². The van der Waals surface area contributed by atoms with Gasteiger partial charge in [0.25, 0.3) is 0 Å². The molecule has 2 aromatic carbocycles. The molecule has 9 heteroatoms. The van der Waals surface area contributed by atoms with E-state index < -0.39 is 28.9 Å². The van der Waals surface area contributed by atoms with Crippen LogP contribution in [-0.2, 0) is 20.7 Å². The van der Waals surface area contributed by atoms with Gasteiger partial charge in [-0.05, 0) is 77.8 Å². The topological polar surface area (TPSA) is 63.8 Å². The molecule has 0 radical (unpaired) electrons. The Kier molecular flexibility index (Phi) is 9.42. The second-order valence-electron chi connectivity index (χ2n) is 12.5. The first-order chi connectivity index (χ1) is 20.5. The molecule has 0 saturated heterocycles. The number of esters is 1. The Morgan fingerprint density at radius 2 is 1.74 bits per heavy atom. The van der Waals surface area contributed by atoms with Gasteiger partial charge in [0, 0.05) is 53.5 Å². The number of hydrogen-bond acceptors (Lipinski definition) is 5. The van der Waals surface area contributed by atoms with Gasteiger partial charge in [-0.25, -0.2) is 18.0 Å². The van der Waals surface area contributed by atoms with E-state index in [-0.39, 0.29) is 29.9 Å². The number of hydrogen-bond donors (Lipinski definition) is 1. The summed E-state index contributed by atoms with van der Waals surface area (Å²) in [6.07, 6.45) is 5.33. The summed E-state index contributed by atoms with van der Waals surface area (Å²) < 4.78 is 63.2. The summed E-state index contributed by atoms with van der Waals surface area (Å²) in [7, 11) is 0. The average Bonchev–Trinajstić information content (AvgIpc) is 3.65. The number of rotatable bonds is 14. The van der Waals surface area contributed by atoms with Crippen LogP contribution >= 0.6 is 0 Å². The van der Waals surface area contributed by atoms with Crippen LogP contribution in [0.1, 0.15) is 89.1 Å². The Bertz CT molecular complexity index is 1410. The van der Waals surface area contributed by atoms with Crippen molar-refractivity contribution in [3.8, 4) is 5.75 Å². The lowest BCUT2D eigenvalue weighted by Crippen LogP contribution is -2.48. The second kappa shape index (κ2) is 12.9. The maximum Gasteiger partial charge on any atom is 0.338 e. The van der Waals surface area contributed by atoms with Gasteiger partial charge in [-0.15, -0.1) is 0 Å². The van der Waals surface area contributed by atoms with Gasteiger partial charge < -0.3 is 19.2 Å². The molecular formula is C34H43F3N2O4. The summed E-state index contributed by atoms with van der Waals surface area (Å²) in [5, 5.41) is 1.02. The van der Waals surface area contributed by atoms with Gasteiger partial charge >= 0.3 is 5.97 Å². The maximum absolute atomic E-state index is 15.8. The van der Waals surface area contributed by atoms with Crippen molar-refractivity contribution in [3.05, 3.63) is 64.9 Å². The number of carbonyl (C=O) groups is 1. The van der Waals surface area contributed by atoms with Crippen molar-refractivity contribution in [2.75, 3.05) is 26.4 Å². The Balaban J connectivity index is 1.22. The van der Waals surface area contributed by atoms with Crippen LogP contribution in [0.5, 0.6) is 5.75 Å². The Labute approximate surface area is 251 Å². The predicted octanol–water partition coefficient (Wildman–Crippen LogP) is 7.58. The predicted molar refractivity (Wildman–Crippen MR) is 160 cm³/mol. The minimum atomic E-state index is -1.56. The Hall–Kier alpha value is -3.04.